The molecule has 0 spiro atoms. The lowest BCUT2D eigenvalue weighted by atomic mass is 10.3. The Bertz CT molecular complexity index is 412. The Morgan fingerprint density at radius 1 is 1.47 bits per heavy atom. The zero-order valence-corrected chi connectivity index (χ0v) is 8.55. The number of nitrogens with two attached hydrogens (primary N) is 1. The molecule has 0 fully saturated rings. The maximum absolute atomic E-state index is 5.89. The van der Waals surface area contributed by atoms with Gasteiger partial charge in [-0.05, 0) is 6.08 Å². The fraction of sp³-hybridized carbons (Fsp3) is 0.182. The highest BCUT2D eigenvalue weighted by Gasteiger charge is 2.09. The van der Waals surface area contributed by atoms with E-state index in [1.165, 1.54) is 0 Å². The number of methoxy groups -OCH3 is 1. The molecule has 4 heteroatoms. The Morgan fingerprint density at radius 2 is 2.33 bits per heavy atom. The van der Waals surface area contributed by atoms with Crippen LogP contribution in [0.2, 0.25) is 0 Å². The molecule has 1 aromatic heterocycles. The molecule has 0 amide bonds. The van der Waals surface area contributed by atoms with Gasteiger partial charge in [0.05, 0.1) is 19.0 Å². The van der Waals surface area contributed by atoms with Gasteiger partial charge in [-0.25, -0.2) is 4.98 Å². The monoisotopic (exact) mass is 203 g/mol. The van der Waals surface area contributed by atoms with Crippen molar-refractivity contribution in [1.82, 2.24) is 4.98 Å². The van der Waals surface area contributed by atoms with Crippen LogP contribution in [0.5, 0.6) is 5.75 Å². The van der Waals surface area contributed by atoms with E-state index in [-0.39, 0.29) is 0 Å². The van der Waals surface area contributed by atoms with Crippen molar-refractivity contribution < 1.29 is 4.74 Å². The summed E-state index contributed by atoms with van der Waals surface area (Å²) < 4.78 is 5.04. The van der Waals surface area contributed by atoms with Gasteiger partial charge in [0.25, 0.3) is 0 Å². The van der Waals surface area contributed by atoms with Crippen molar-refractivity contribution >= 4 is 11.5 Å². The largest absolute Gasteiger partial charge is 0.495 e. The van der Waals surface area contributed by atoms with Crippen LogP contribution in [0.1, 0.15) is 0 Å². The highest BCUT2D eigenvalue weighted by Crippen LogP contribution is 2.25. The Kier molecular flexibility index (Phi) is 2.58. The third kappa shape index (κ3) is 1.93. The van der Waals surface area contributed by atoms with E-state index in [9.17, 15) is 0 Å². The van der Waals surface area contributed by atoms with Gasteiger partial charge in [-0.3, -0.25) is 0 Å². The normalized spacial score (nSPS) is 14.3. The van der Waals surface area contributed by atoms with Gasteiger partial charge in [-0.1, -0.05) is 12.2 Å². The van der Waals surface area contributed by atoms with E-state index >= 15 is 0 Å². The SMILES string of the molecule is COc1cnc(N2C=CC=CC2)c(N)c1. The zero-order valence-electron chi connectivity index (χ0n) is 8.55. The second-order valence-electron chi connectivity index (χ2n) is 3.21. The number of anilines is 2. The number of allylic oxidation sites excluding steroid dienone is 2. The topological polar surface area (TPSA) is 51.4 Å². The first-order valence-electron chi connectivity index (χ1n) is 4.71. The summed E-state index contributed by atoms with van der Waals surface area (Å²) in [5, 5.41) is 0. The minimum atomic E-state index is 0.620. The Morgan fingerprint density at radius 3 is 2.93 bits per heavy atom. The minimum Gasteiger partial charge on any atom is -0.495 e. The maximum Gasteiger partial charge on any atom is 0.156 e. The van der Waals surface area contributed by atoms with Crippen molar-refractivity contribution in [3.63, 3.8) is 0 Å². The Hall–Kier alpha value is -1.97. The van der Waals surface area contributed by atoms with Crippen LogP contribution in [0.3, 0.4) is 0 Å². The molecule has 0 aromatic carbocycles. The number of hydrogen-bond acceptors (Lipinski definition) is 4. The highest BCUT2D eigenvalue weighted by atomic mass is 16.5. The molecule has 0 bridgehead atoms. The van der Waals surface area contributed by atoms with E-state index in [1.807, 2.05) is 29.3 Å². The highest BCUT2D eigenvalue weighted by molar-refractivity contribution is 5.66. The summed E-state index contributed by atoms with van der Waals surface area (Å²) in [4.78, 5) is 6.24. The molecule has 2 N–H and O–H groups in total. The first-order valence-corrected chi connectivity index (χ1v) is 4.71. The fourth-order valence-electron chi connectivity index (χ4n) is 1.43. The second kappa shape index (κ2) is 4.04. The predicted octanol–water partition coefficient (Wildman–Crippen LogP) is 1.56. The van der Waals surface area contributed by atoms with Crippen LogP contribution in [0.25, 0.3) is 0 Å². The van der Waals surface area contributed by atoms with Crippen molar-refractivity contribution in [2.75, 3.05) is 24.3 Å². The van der Waals surface area contributed by atoms with Crippen molar-refractivity contribution in [2.45, 2.75) is 0 Å². The molecule has 1 aliphatic rings. The molecular formula is C11H13N3O. The van der Waals surface area contributed by atoms with Crippen LogP contribution in [0.15, 0.2) is 36.7 Å². The molecule has 1 aliphatic heterocycles. The number of nitrogen functional groups attached to an aromatic ring is 1. The van der Waals surface area contributed by atoms with E-state index in [1.54, 1.807) is 19.4 Å². The van der Waals surface area contributed by atoms with Crippen LogP contribution in [0.4, 0.5) is 11.5 Å². The molecule has 1 aromatic rings. The predicted molar refractivity (Wildman–Crippen MR) is 60.8 cm³/mol. The molecule has 15 heavy (non-hydrogen) atoms. The average molecular weight is 203 g/mol. The number of hydrogen-bond donors (Lipinski definition) is 1. The number of ether oxygens (including phenoxy) is 1. The quantitative estimate of drug-likeness (QED) is 0.792. The van der Waals surface area contributed by atoms with Crippen molar-refractivity contribution in [2.24, 2.45) is 0 Å². The van der Waals surface area contributed by atoms with Gasteiger partial charge in [0.2, 0.25) is 0 Å². The summed E-state index contributed by atoms with van der Waals surface area (Å²) in [6.45, 7) is 0.792. The van der Waals surface area contributed by atoms with E-state index in [4.69, 9.17) is 10.5 Å². The molecule has 0 unspecified atom stereocenters. The molecule has 0 radical (unpaired) electrons. The van der Waals surface area contributed by atoms with Crippen molar-refractivity contribution in [3.8, 4) is 5.75 Å². The van der Waals surface area contributed by atoms with Crippen molar-refractivity contribution in [1.29, 1.82) is 0 Å². The molecule has 0 atom stereocenters. The van der Waals surface area contributed by atoms with Crippen LogP contribution in [0, 0.1) is 0 Å². The summed E-state index contributed by atoms with van der Waals surface area (Å²) in [5.41, 5.74) is 6.51. The van der Waals surface area contributed by atoms with Gasteiger partial charge in [-0.2, -0.15) is 0 Å². The van der Waals surface area contributed by atoms with Gasteiger partial charge >= 0.3 is 0 Å². The molecule has 4 nitrogen and oxygen atoms in total. The van der Waals surface area contributed by atoms with Crippen LogP contribution in [-0.4, -0.2) is 18.6 Å². The molecule has 0 saturated carbocycles. The van der Waals surface area contributed by atoms with E-state index in [0.717, 1.165) is 12.4 Å². The Balaban J connectivity index is 2.28. The lowest BCUT2D eigenvalue weighted by molar-refractivity contribution is 0.413. The van der Waals surface area contributed by atoms with Crippen LogP contribution >= 0.6 is 0 Å². The summed E-state index contributed by atoms with van der Waals surface area (Å²) in [6, 6.07) is 1.77. The van der Waals surface area contributed by atoms with E-state index in [0.29, 0.717) is 11.4 Å². The molecule has 2 heterocycles. The summed E-state index contributed by atoms with van der Waals surface area (Å²) in [5.74, 6) is 1.43. The van der Waals surface area contributed by atoms with Crippen LogP contribution in [-0.2, 0) is 0 Å². The third-order valence-electron chi connectivity index (χ3n) is 2.19. The number of pyridine rings is 1. The van der Waals surface area contributed by atoms with Gasteiger partial charge in [-0.15, -0.1) is 0 Å². The number of rotatable bonds is 2. The van der Waals surface area contributed by atoms with Gasteiger partial charge in [0, 0.05) is 18.8 Å². The van der Waals surface area contributed by atoms with E-state index < -0.39 is 0 Å². The minimum absolute atomic E-state index is 0.620. The second-order valence-corrected chi connectivity index (χ2v) is 3.21. The van der Waals surface area contributed by atoms with Gasteiger partial charge < -0.3 is 15.4 Å². The van der Waals surface area contributed by atoms with Gasteiger partial charge in [0.1, 0.15) is 5.75 Å². The number of aromatic nitrogens is 1. The molecular weight excluding hydrogens is 190 g/mol. The molecule has 2 rings (SSSR count). The molecule has 78 valence electrons. The average Bonchev–Trinajstić information content (AvgIpc) is 2.30. The first-order chi connectivity index (χ1) is 7.31. The lowest BCUT2D eigenvalue weighted by Gasteiger charge is -2.21. The zero-order chi connectivity index (χ0) is 10.7. The van der Waals surface area contributed by atoms with Crippen molar-refractivity contribution in [3.05, 3.63) is 36.7 Å². The fourth-order valence-corrected chi connectivity index (χ4v) is 1.43. The summed E-state index contributed by atoms with van der Waals surface area (Å²) >= 11 is 0. The van der Waals surface area contributed by atoms with Crippen LogP contribution < -0.4 is 15.4 Å². The third-order valence-corrected chi connectivity index (χ3v) is 2.19. The standard InChI is InChI=1S/C11H13N3O/c1-15-9-7-10(12)11(13-8-9)14-5-3-2-4-6-14/h2-5,7-8H,6,12H2,1H3. The number of nitrogens with zero attached hydrogens (tertiary/aromatic N) is 2. The van der Waals surface area contributed by atoms with Gasteiger partial charge in [0.15, 0.2) is 5.82 Å². The van der Waals surface area contributed by atoms with E-state index in [2.05, 4.69) is 4.98 Å². The summed E-state index contributed by atoms with van der Waals surface area (Å²) in [7, 11) is 1.60. The Labute approximate surface area is 88.7 Å². The smallest absolute Gasteiger partial charge is 0.156 e. The lowest BCUT2D eigenvalue weighted by Crippen LogP contribution is -2.20. The first kappa shape index (κ1) is 9.58. The maximum atomic E-state index is 5.89. The summed E-state index contributed by atoms with van der Waals surface area (Å²) in [6.07, 6.45) is 9.61. The molecule has 0 saturated heterocycles. The molecule has 0 aliphatic carbocycles.